The Balaban J connectivity index is 1.93. The maximum absolute atomic E-state index is 13.1. The summed E-state index contributed by atoms with van der Waals surface area (Å²) in [5.41, 5.74) is 1.22. The van der Waals surface area contributed by atoms with Gasteiger partial charge in [-0.1, -0.05) is 0 Å². The van der Waals surface area contributed by atoms with Crippen LogP contribution in [0.4, 0.5) is 10.2 Å². The summed E-state index contributed by atoms with van der Waals surface area (Å²) in [5.74, 6) is 0.321. The van der Waals surface area contributed by atoms with Crippen molar-refractivity contribution in [1.82, 2.24) is 9.97 Å². The summed E-state index contributed by atoms with van der Waals surface area (Å²) in [5, 5.41) is 0. The molecule has 5 nitrogen and oxygen atoms in total. The summed E-state index contributed by atoms with van der Waals surface area (Å²) in [4.78, 5) is 22.0. The van der Waals surface area contributed by atoms with Crippen molar-refractivity contribution >= 4 is 11.7 Å². The quantitative estimate of drug-likeness (QED) is 0.837. The number of hydrogen-bond donors (Lipinski definition) is 0. The lowest BCUT2D eigenvalue weighted by molar-refractivity contribution is 0.0988. The highest BCUT2D eigenvalue weighted by atomic mass is 19.1. The molecule has 6 heteroatoms. The van der Waals surface area contributed by atoms with Gasteiger partial charge in [-0.05, 0) is 24.1 Å². The first-order chi connectivity index (χ1) is 9.69. The number of halogens is 1. The summed E-state index contributed by atoms with van der Waals surface area (Å²) in [6, 6.07) is 4.61. The highest BCUT2D eigenvalue weighted by Crippen LogP contribution is 2.27. The van der Waals surface area contributed by atoms with E-state index in [0.717, 1.165) is 11.8 Å². The fraction of sp³-hybridized carbons (Fsp3) is 0.214. The predicted octanol–water partition coefficient (Wildman–Crippen LogP) is 1.83. The Hall–Kier alpha value is -2.50. The molecule has 1 aliphatic heterocycles. The molecule has 0 atom stereocenters. The topological polar surface area (TPSA) is 55.3 Å². The highest BCUT2D eigenvalue weighted by molar-refractivity contribution is 6.06. The number of rotatable bonds is 2. The second kappa shape index (κ2) is 4.88. The zero-order valence-electron chi connectivity index (χ0n) is 10.8. The minimum Gasteiger partial charge on any atom is -0.481 e. The maximum atomic E-state index is 13.1. The summed E-state index contributed by atoms with van der Waals surface area (Å²) in [7, 11) is 1.49. The van der Waals surface area contributed by atoms with Gasteiger partial charge in [-0.2, -0.15) is 0 Å². The first-order valence-electron chi connectivity index (χ1n) is 6.15. The molecule has 0 aromatic carbocycles. The van der Waals surface area contributed by atoms with Crippen molar-refractivity contribution in [3.63, 3.8) is 0 Å². The van der Waals surface area contributed by atoms with Crippen LogP contribution in [-0.4, -0.2) is 29.5 Å². The van der Waals surface area contributed by atoms with E-state index in [1.807, 2.05) is 0 Å². The first kappa shape index (κ1) is 12.5. The van der Waals surface area contributed by atoms with E-state index in [1.165, 1.54) is 19.4 Å². The molecule has 102 valence electrons. The molecule has 3 rings (SSSR count). The van der Waals surface area contributed by atoms with Crippen LogP contribution in [0.15, 0.2) is 30.6 Å². The number of anilines is 1. The average molecular weight is 273 g/mol. The third kappa shape index (κ3) is 2.09. The van der Waals surface area contributed by atoms with Crippen molar-refractivity contribution in [2.24, 2.45) is 0 Å². The molecule has 1 aliphatic rings. The normalized spacial score (nSPS) is 13.2. The molecule has 0 spiro atoms. The Bertz CT molecular complexity index is 675. The fourth-order valence-corrected chi connectivity index (χ4v) is 2.25. The number of aromatic nitrogens is 2. The second-order valence-corrected chi connectivity index (χ2v) is 4.43. The third-order valence-corrected chi connectivity index (χ3v) is 3.21. The third-order valence-electron chi connectivity index (χ3n) is 3.21. The Morgan fingerprint density at radius 1 is 1.40 bits per heavy atom. The van der Waals surface area contributed by atoms with Crippen molar-refractivity contribution in [2.45, 2.75) is 6.42 Å². The van der Waals surface area contributed by atoms with Crippen molar-refractivity contribution < 1.29 is 13.9 Å². The monoisotopic (exact) mass is 273 g/mol. The van der Waals surface area contributed by atoms with Gasteiger partial charge in [-0.3, -0.25) is 9.69 Å². The van der Waals surface area contributed by atoms with Crippen LogP contribution in [0, 0.1) is 5.82 Å². The molecule has 0 saturated heterocycles. The summed E-state index contributed by atoms with van der Waals surface area (Å²) >= 11 is 0. The smallest absolute Gasteiger partial charge is 0.259 e. The molecule has 20 heavy (non-hydrogen) atoms. The van der Waals surface area contributed by atoms with E-state index in [-0.39, 0.29) is 11.7 Å². The van der Waals surface area contributed by atoms with E-state index in [4.69, 9.17) is 4.74 Å². The number of ether oxygens (including phenoxy) is 1. The van der Waals surface area contributed by atoms with E-state index in [2.05, 4.69) is 9.97 Å². The average Bonchev–Trinajstić information content (AvgIpc) is 2.89. The van der Waals surface area contributed by atoms with Gasteiger partial charge in [-0.25, -0.2) is 14.4 Å². The molecule has 0 aliphatic carbocycles. The highest BCUT2D eigenvalue weighted by Gasteiger charge is 2.27. The Kier molecular flexibility index (Phi) is 3.06. The van der Waals surface area contributed by atoms with Crippen molar-refractivity contribution in [2.75, 3.05) is 18.6 Å². The Morgan fingerprint density at radius 3 is 3.05 bits per heavy atom. The van der Waals surface area contributed by atoms with Gasteiger partial charge in [-0.15, -0.1) is 0 Å². The molecule has 0 fully saturated rings. The molecule has 1 amide bonds. The Labute approximate surface area is 115 Å². The van der Waals surface area contributed by atoms with Crippen LogP contribution in [0.5, 0.6) is 5.88 Å². The standard InChI is InChI=1S/C14H12FN3O2/c1-20-12-7-10(2-4-16-12)14(19)18-5-3-9-6-11(15)8-17-13(9)18/h2,4,6-8H,3,5H2,1H3. The van der Waals surface area contributed by atoms with Crippen molar-refractivity contribution in [1.29, 1.82) is 0 Å². The molecule has 0 radical (unpaired) electrons. The summed E-state index contributed by atoms with van der Waals surface area (Å²) in [6.07, 6.45) is 3.24. The van der Waals surface area contributed by atoms with Crippen molar-refractivity contribution in [3.05, 3.63) is 47.5 Å². The van der Waals surface area contributed by atoms with Gasteiger partial charge < -0.3 is 4.74 Å². The molecular formula is C14H12FN3O2. The predicted molar refractivity (Wildman–Crippen MR) is 70.4 cm³/mol. The fourth-order valence-electron chi connectivity index (χ4n) is 2.25. The van der Waals surface area contributed by atoms with Crippen LogP contribution in [0.25, 0.3) is 0 Å². The number of hydrogen-bond acceptors (Lipinski definition) is 4. The van der Waals surface area contributed by atoms with E-state index < -0.39 is 0 Å². The molecular weight excluding hydrogens is 261 g/mol. The lowest BCUT2D eigenvalue weighted by Gasteiger charge is -2.16. The number of carbonyl (C=O) groups excluding carboxylic acids is 1. The molecule has 0 saturated carbocycles. The number of nitrogens with zero attached hydrogens (tertiary/aromatic N) is 3. The zero-order valence-corrected chi connectivity index (χ0v) is 10.8. The lowest BCUT2D eigenvalue weighted by Crippen LogP contribution is -2.29. The van der Waals surface area contributed by atoms with Gasteiger partial charge in [0.1, 0.15) is 11.6 Å². The van der Waals surface area contributed by atoms with Gasteiger partial charge in [0.2, 0.25) is 5.88 Å². The minimum atomic E-state index is -0.386. The summed E-state index contributed by atoms with van der Waals surface area (Å²) in [6.45, 7) is 0.495. The van der Waals surface area contributed by atoms with Crippen LogP contribution in [0.3, 0.4) is 0 Å². The van der Waals surface area contributed by atoms with Gasteiger partial charge in [0.25, 0.3) is 5.91 Å². The van der Waals surface area contributed by atoms with Gasteiger partial charge >= 0.3 is 0 Å². The Morgan fingerprint density at radius 2 is 2.25 bits per heavy atom. The lowest BCUT2D eigenvalue weighted by atomic mass is 10.2. The number of carbonyl (C=O) groups is 1. The molecule has 3 heterocycles. The first-order valence-corrected chi connectivity index (χ1v) is 6.15. The van der Waals surface area contributed by atoms with Crippen LogP contribution in [0.2, 0.25) is 0 Å². The summed E-state index contributed by atoms with van der Waals surface area (Å²) < 4.78 is 18.1. The van der Waals surface area contributed by atoms with E-state index in [1.54, 1.807) is 17.0 Å². The zero-order chi connectivity index (χ0) is 14.1. The minimum absolute atomic E-state index is 0.191. The van der Waals surface area contributed by atoms with Gasteiger partial charge in [0.05, 0.1) is 13.3 Å². The largest absolute Gasteiger partial charge is 0.481 e. The van der Waals surface area contributed by atoms with Crippen molar-refractivity contribution in [3.8, 4) is 5.88 Å². The van der Waals surface area contributed by atoms with Crippen LogP contribution in [0.1, 0.15) is 15.9 Å². The van der Waals surface area contributed by atoms with E-state index in [9.17, 15) is 9.18 Å². The van der Waals surface area contributed by atoms with Crippen LogP contribution in [-0.2, 0) is 6.42 Å². The maximum Gasteiger partial charge on any atom is 0.259 e. The molecule has 0 N–H and O–H groups in total. The number of fused-ring (bicyclic) bond motifs is 1. The number of methoxy groups -OCH3 is 1. The molecule has 0 bridgehead atoms. The van der Waals surface area contributed by atoms with Gasteiger partial charge in [0.15, 0.2) is 0 Å². The van der Waals surface area contributed by atoms with E-state index in [0.29, 0.717) is 30.2 Å². The molecule has 2 aromatic rings. The SMILES string of the molecule is COc1cc(C(=O)N2CCc3cc(F)cnc32)ccn1. The number of amides is 1. The van der Waals surface area contributed by atoms with E-state index >= 15 is 0 Å². The molecule has 2 aromatic heterocycles. The van der Waals surface area contributed by atoms with Gasteiger partial charge in [0, 0.05) is 24.4 Å². The number of pyridine rings is 2. The molecule has 0 unspecified atom stereocenters. The van der Waals surface area contributed by atoms with Crippen LogP contribution >= 0.6 is 0 Å². The second-order valence-electron chi connectivity index (χ2n) is 4.43. The van der Waals surface area contributed by atoms with Crippen LogP contribution < -0.4 is 9.64 Å².